The number of nitrogens with one attached hydrogen (secondary N) is 4. The highest BCUT2D eigenvalue weighted by atomic mass is 16.5. The summed E-state index contributed by atoms with van der Waals surface area (Å²) in [6.07, 6.45) is 1.07. The Bertz CT molecular complexity index is 2040. The van der Waals surface area contributed by atoms with Crippen molar-refractivity contribution < 1.29 is 23.8 Å². The molecular weight excluding hydrogens is 606 g/mol. The van der Waals surface area contributed by atoms with Crippen molar-refractivity contribution in [2.24, 2.45) is 0 Å². The Morgan fingerprint density at radius 3 is 2.45 bits per heavy atom. The van der Waals surface area contributed by atoms with Crippen molar-refractivity contribution in [3.8, 4) is 28.4 Å². The van der Waals surface area contributed by atoms with Crippen LogP contribution in [-0.2, 0) is 22.6 Å². The molecule has 0 unspecified atom stereocenters. The van der Waals surface area contributed by atoms with Gasteiger partial charge in [0.15, 0.2) is 11.5 Å². The van der Waals surface area contributed by atoms with Gasteiger partial charge in [-0.05, 0) is 66.8 Å². The average molecular weight is 644 g/mol. The molecule has 2 amide bonds. The molecule has 1 aliphatic rings. The molecule has 0 radical (unpaired) electrons. The molecule has 4 aromatic rings. The Morgan fingerprint density at radius 2 is 1.74 bits per heavy atom. The van der Waals surface area contributed by atoms with Gasteiger partial charge in [0.25, 0.3) is 0 Å². The first-order valence-electron chi connectivity index (χ1n) is 15.1. The summed E-state index contributed by atoms with van der Waals surface area (Å²) in [5.74, 6) is 0.656. The maximum Gasteiger partial charge on any atom is 0.316 e. The third-order valence-corrected chi connectivity index (χ3v) is 8.20. The molecule has 13 heteroatoms. The minimum Gasteiger partial charge on any atom is -0.493 e. The zero-order chi connectivity index (χ0) is 33.8. The van der Waals surface area contributed by atoms with Crippen LogP contribution in [0.3, 0.4) is 0 Å². The van der Waals surface area contributed by atoms with E-state index >= 15 is 0 Å². The summed E-state index contributed by atoms with van der Waals surface area (Å²) < 4.78 is 18.3. The van der Waals surface area contributed by atoms with Gasteiger partial charge < -0.3 is 39.7 Å². The summed E-state index contributed by atoms with van der Waals surface area (Å²) in [7, 11) is 4.58. The van der Waals surface area contributed by atoms with Gasteiger partial charge in [-0.1, -0.05) is 18.2 Å². The number of aryl methyl sites for hydroxylation is 1. The number of para-hydroxylation sites is 2. The number of aromatic nitrogens is 2. The fraction of sp³-hybridized carbons (Fsp3) is 0.324. The second-order valence-electron chi connectivity index (χ2n) is 11.2. The predicted octanol–water partition coefficient (Wildman–Crippen LogP) is 2.48. The summed E-state index contributed by atoms with van der Waals surface area (Å²) in [5.41, 5.74) is 2.22. The number of aromatic amines is 1. The van der Waals surface area contributed by atoms with Gasteiger partial charge >= 0.3 is 11.1 Å². The zero-order valence-corrected chi connectivity index (χ0v) is 26.8. The Morgan fingerprint density at radius 1 is 1.00 bits per heavy atom. The van der Waals surface area contributed by atoms with E-state index in [9.17, 15) is 24.0 Å². The highest BCUT2D eigenvalue weighted by molar-refractivity contribution is 5.86. The van der Waals surface area contributed by atoms with Gasteiger partial charge in [-0.15, -0.1) is 0 Å². The van der Waals surface area contributed by atoms with Gasteiger partial charge in [0.2, 0.25) is 23.0 Å². The Labute approximate surface area is 269 Å². The Hall–Kier alpha value is -5.59. The van der Waals surface area contributed by atoms with E-state index < -0.39 is 29.1 Å². The lowest BCUT2D eigenvalue weighted by atomic mass is 9.95. The largest absolute Gasteiger partial charge is 0.493 e. The number of anilines is 1. The van der Waals surface area contributed by atoms with Crippen LogP contribution >= 0.6 is 0 Å². The van der Waals surface area contributed by atoms with Crippen LogP contribution in [0.15, 0.2) is 62.9 Å². The van der Waals surface area contributed by atoms with Crippen molar-refractivity contribution in [3.63, 3.8) is 0 Å². The number of carbonyl (C=O) groups is 2. The third kappa shape index (κ3) is 6.55. The quantitative estimate of drug-likeness (QED) is 0.190. The molecule has 1 aromatic heterocycles. The first kappa shape index (κ1) is 32.8. The first-order valence-corrected chi connectivity index (χ1v) is 15.1. The van der Waals surface area contributed by atoms with Crippen molar-refractivity contribution in [1.29, 1.82) is 0 Å². The molecule has 47 heavy (non-hydrogen) atoms. The molecule has 1 aliphatic carbocycles. The lowest BCUT2D eigenvalue weighted by Crippen LogP contribution is -2.42. The average Bonchev–Trinajstić information content (AvgIpc) is 3.29. The monoisotopic (exact) mass is 643 g/mol. The number of nitrogens with zero attached hydrogens (tertiary/aromatic N) is 1. The van der Waals surface area contributed by atoms with E-state index in [4.69, 9.17) is 14.2 Å². The fourth-order valence-electron chi connectivity index (χ4n) is 6.01. The van der Waals surface area contributed by atoms with E-state index in [1.807, 2.05) is 6.07 Å². The standard InChI is InChI=1S/C34H37N5O8/c1-18(32(42)35-14-15-39-26-9-7-6-8-24(26)38-33(43)34(39)44)36-25-13-11-21-22(17-27(25)41)23(37-19(2)40)12-10-20-16-28(45-3)30(46-4)31(47-5)29(20)21/h6-9,11,13,16-18,23H,10,12,14-15H2,1-5H3,(H,35,42)(H,36,41)(H,37,40)(H,38,43)/t18-,23-/m0/s1. The van der Waals surface area contributed by atoms with Gasteiger partial charge in [0.05, 0.1) is 44.1 Å². The molecule has 0 fully saturated rings. The molecule has 1 heterocycles. The fourth-order valence-corrected chi connectivity index (χ4v) is 6.01. The van der Waals surface area contributed by atoms with Gasteiger partial charge in [-0.3, -0.25) is 24.0 Å². The number of rotatable bonds is 10. The van der Waals surface area contributed by atoms with E-state index in [1.165, 1.54) is 38.9 Å². The summed E-state index contributed by atoms with van der Waals surface area (Å²) in [6, 6.07) is 12.3. The van der Waals surface area contributed by atoms with Crippen LogP contribution in [0, 0.1) is 0 Å². The number of hydrogen-bond donors (Lipinski definition) is 4. The topological polar surface area (TPSA) is 170 Å². The number of carbonyl (C=O) groups excluding carboxylic acids is 2. The number of benzene rings is 2. The van der Waals surface area contributed by atoms with E-state index in [0.717, 1.165) is 5.56 Å². The lowest BCUT2D eigenvalue weighted by Gasteiger charge is -2.19. The van der Waals surface area contributed by atoms with Gasteiger partial charge in [-0.25, -0.2) is 0 Å². The molecule has 2 atom stereocenters. The third-order valence-electron chi connectivity index (χ3n) is 8.20. The van der Waals surface area contributed by atoms with E-state index in [0.29, 0.717) is 57.8 Å². The summed E-state index contributed by atoms with van der Waals surface area (Å²) >= 11 is 0. The number of fused-ring (bicyclic) bond motifs is 4. The molecule has 0 bridgehead atoms. The van der Waals surface area contributed by atoms with Gasteiger partial charge in [-0.2, -0.15) is 0 Å². The summed E-state index contributed by atoms with van der Waals surface area (Å²) in [5, 5.41) is 8.74. The molecule has 246 valence electrons. The Kier molecular flexibility index (Phi) is 9.64. The van der Waals surface area contributed by atoms with E-state index in [1.54, 1.807) is 43.3 Å². The normalized spacial score (nSPS) is 14.2. The molecule has 0 saturated heterocycles. The molecule has 0 spiro atoms. The lowest BCUT2D eigenvalue weighted by molar-refractivity contribution is -0.121. The maximum atomic E-state index is 13.6. The van der Waals surface area contributed by atoms with Crippen LogP contribution in [-0.4, -0.2) is 55.3 Å². The number of amides is 2. The zero-order valence-electron chi connectivity index (χ0n) is 26.8. The highest BCUT2D eigenvalue weighted by Gasteiger charge is 2.29. The maximum absolute atomic E-state index is 13.6. The minimum absolute atomic E-state index is 0.0690. The van der Waals surface area contributed by atoms with Crippen molar-refractivity contribution in [2.75, 3.05) is 33.2 Å². The van der Waals surface area contributed by atoms with Crippen molar-refractivity contribution >= 4 is 28.5 Å². The van der Waals surface area contributed by atoms with Crippen LogP contribution in [0.25, 0.3) is 22.2 Å². The second kappa shape index (κ2) is 13.8. The van der Waals surface area contributed by atoms with E-state index in [-0.39, 0.29) is 30.1 Å². The van der Waals surface area contributed by atoms with Crippen LogP contribution in [0.5, 0.6) is 17.2 Å². The van der Waals surface area contributed by atoms with Crippen LogP contribution in [0.1, 0.15) is 37.4 Å². The number of ether oxygens (including phenoxy) is 3. The number of methoxy groups -OCH3 is 3. The van der Waals surface area contributed by atoms with Gasteiger partial charge in [0, 0.05) is 25.6 Å². The summed E-state index contributed by atoms with van der Waals surface area (Å²) in [4.78, 5) is 66.1. The summed E-state index contributed by atoms with van der Waals surface area (Å²) in [6.45, 7) is 3.17. The first-order chi connectivity index (χ1) is 22.6. The van der Waals surface area contributed by atoms with Crippen molar-refractivity contribution in [1.82, 2.24) is 20.2 Å². The molecule has 3 aromatic carbocycles. The molecule has 0 aliphatic heterocycles. The highest BCUT2D eigenvalue weighted by Crippen LogP contribution is 2.50. The number of hydrogen-bond acceptors (Lipinski definition) is 9. The van der Waals surface area contributed by atoms with Crippen LogP contribution in [0.4, 0.5) is 5.69 Å². The molecule has 5 rings (SSSR count). The smallest absolute Gasteiger partial charge is 0.316 e. The molecule has 0 saturated carbocycles. The van der Waals surface area contributed by atoms with Gasteiger partial charge in [0.1, 0.15) is 6.04 Å². The molecule has 4 N–H and O–H groups in total. The minimum atomic E-state index is -0.838. The molecular formula is C34H37N5O8. The van der Waals surface area contributed by atoms with Crippen molar-refractivity contribution in [3.05, 3.63) is 90.6 Å². The molecule has 13 nitrogen and oxygen atoms in total. The van der Waals surface area contributed by atoms with Crippen LogP contribution in [0.2, 0.25) is 0 Å². The van der Waals surface area contributed by atoms with E-state index in [2.05, 4.69) is 20.9 Å². The second-order valence-corrected chi connectivity index (χ2v) is 11.2. The number of H-pyrrole nitrogens is 1. The predicted molar refractivity (Wildman–Crippen MR) is 178 cm³/mol. The van der Waals surface area contributed by atoms with Crippen LogP contribution < -0.4 is 46.7 Å². The van der Waals surface area contributed by atoms with Crippen molar-refractivity contribution in [2.45, 2.75) is 45.3 Å². The Balaban J connectivity index is 1.44. The SMILES string of the molecule is COc1cc2c(c(OC)c1OC)-c1ccc(N[C@@H](C)C(=O)NCCn3c(=O)c(=O)[nH]c4ccccc43)c(=O)cc1[C@@H](NC(C)=O)CC2.